The zero-order valence-corrected chi connectivity index (χ0v) is 15.1. The first-order valence-corrected chi connectivity index (χ1v) is 6.89. The third kappa shape index (κ3) is 6.69. The summed E-state index contributed by atoms with van der Waals surface area (Å²) >= 11 is 0. The largest absolute Gasteiger partial charge is 0.423 e. The van der Waals surface area contributed by atoms with Gasteiger partial charge in [0.2, 0.25) is 0 Å². The Morgan fingerprint density at radius 3 is 2.36 bits per heavy atom. The highest BCUT2D eigenvalue weighted by atomic mass is 32.1. The third-order valence-corrected chi connectivity index (χ3v) is 2.94. The maximum Gasteiger partial charge on any atom is 0.300 e. The molecule has 3 rings (SSSR count). The van der Waals surface area contributed by atoms with Crippen molar-refractivity contribution >= 4 is 36.3 Å². The molecule has 0 amide bonds. The van der Waals surface area contributed by atoms with E-state index in [1.807, 2.05) is 31.3 Å². The van der Waals surface area contributed by atoms with Crippen molar-refractivity contribution in [2.75, 3.05) is 19.4 Å². The molecule has 8 N–H and O–H groups in total. The van der Waals surface area contributed by atoms with Gasteiger partial charge in [0.15, 0.2) is 5.58 Å². The molecule has 0 bridgehead atoms. The molecule has 9 heteroatoms. The lowest BCUT2D eigenvalue weighted by molar-refractivity contribution is 0.604. The van der Waals surface area contributed by atoms with Crippen molar-refractivity contribution in [3.63, 3.8) is 0 Å². The molecule has 1 aromatic heterocycles. The minimum Gasteiger partial charge on any atom is -0.423 e. The van der Waals surface area contributed by atoms with Gasteiger partial charge in [0.05, 0.1) is 0 Å². The van der Waals surface area contributed by atoms with Gasteiger partial charge in [-0.1, -0.05) is 12.1 Å². The minimum absolute atomic E-state index is 0. The average Bonchev–Trinajstić information content (AvgIpc) is 2.93. The normalized spacial score (nSPS) is 8.96. The van der Waals surface area contributed by atoms with Crippen molar-refractivity contribution in [1.29, 1.82) is 0 Å². The highest BCUT2D eigenvalue weighted by molar-refractivity contribution is 7.59. The maximum atomic E-state index is 13.1. The molecule has 0 aliphatic carbocycles. The van der Waals surface area contributed by atoms with Gasteiger partial charge in [-0.05, 0) is 43.9 Å². The summed E-state index contributed by atoms with van der Waals surface area (Å²) in [6, 6.07) is 12.6. The van der Waals surface area contributed by atoms with E-state index in [0.717, 1.165) is 12.2 Å². The van der Waals surface area contributed by atoms with Crippen LogP contribution in [0.3, 0.4) is 0 Å². The van der Waals surface area contributed by atoms with Gasteiger partial charge in [-0.3, -0.25) is 0 Å². The fourth-order valence-electron chi connectivity index (χ4n) is 1.99. The Balaban J connectivity index is -0.000000366. The maximum absolute atomic E-state index is 13.1. The summed E-state index contributed by atoms with van der Waals surface area (Å²) in [5.41, 5.74) is 7.62. The molecular weight excluding hydrogens is 347 g/mol. The number of nitrogens with zero attached hydrogens (tertiary/aromatic N) is 1. The molecule has 0 spiro atoms. The second-order valence-corrected chi connectivity index (χ2v) is 4.48. The number of hydrogen-bond acceptors (Lipinski definition) is 5. The first-order chi connectivity index (χ1) is 10.7. The van der Waals surface area contributed by atoms with Crippen LogP contribution < -0.4 is 16.4 Å². The van der Waals surface area contributed by atoms with E-state index in [1.54, 1.807) is 6.07 Å². The number of fused-ring (bicyclic) bond motifs is 1. The van der Waals surface area contributed by atoms with Crippen LogP contribution in [0.15, 0.2) is 46.9 Å². The van der Waals surface area contributed by atoms with Gasteiger partial charge in [-0.2, -0.15) is 18.5 Å². The molecule has 144 valence electrons. The number of nitrogens with one attached hydrogen (secondary N) is 2. The summed E-state index contributed by atoms with van der Waals surface area (Å²) in [4.78, 5) is 4.25. The Morgan fingerprint density at radius 2 is 1.76 bits per heavy atom. The summed E-state index contributed by atoms with van der Waals surface area (Å²) in [7, 11) is 3.41. The number of hydrogen-bond donors (Lipinski definition) is 3. The molecule has 25 heavy (non-hydrogen) atoms. The van der Waals surface area contributed by atoms with E-state index in [2.05, 4.69) is 21.4 Å². The van der Waals surface area contributed by atoms with Crippen LogP contribution >= 0.6 is 13.5 Å². The fraction of sp³-hybridized carbons (Fsp3) is 0.188. The van der Waals surface area contributed by atoms with Gasteiger partial charge in [-0.25, -0.2) is 4.39 Å². The second-order valence-electron chi connectivity index (χ2n) is 4.48. The van der Waals surface area contributed by atoms with Crippen LogP contribution in [0.5, 0.6) is 0 Å². The highest BCUT2D eigenvalue weighted by Crippen LogP contribution is 2.22. The van der Waals surface area contributed by atoms with Gasteiger partial charge >= 0.3 is 0 Å². The van der Waals surface area contributed by atoms with Crippen LogP contribution in [0.4, 0.5) is 16.1 Å². The van der Waals surface area contributed by atoms with E-state index < -0.39 is 0 Å². The van der Waals surface area contributed by atoms with E-state index in [1.165, 1.54) is 24.7 Å². The lowest BCUT2D eigenvalue weighted by atomic mass is 10.2. The molecule has 0 unspecified atom stereocenters. The molecule has 0 aliphatic rings. The fourth-order valence-corrected chi connectivity index (χ4v) is 1.99. The first kappa shape index (κ1) is 25.1. The monoisotopic (exact) mass is 376 g/mol. The lowest BCUT2D eigenvalue weighted by Gasteiger charge is -2.03. The predicted molar refractivity (Wildman–Crippen MR) is 108 cm³/mol. The van der Waals surface area contributed by atoms with Gasteiger partial charge in [0.1, 0.15) is 11.3 Å². The Bertz CT molecular complexity index is 748. The molecular formula is C16H29FN4O3S. The van der Waals surface area contributed by atoms with Crippen molar-refractivity contribution in [1.82, 2.24) is 10.3 Å². The smallest absolute Gasteiger partial charge is 0.300 e. The number of anilines is 2. The zero-order chi connectivity index (χ0) is 15.9. The molecule has 0 saturated carbocycles. The Kier molecular flexibility index (Phi) is 12.3. The molecule has 2 aromatic carbocycles. The zero-order valence-electron chi connectivity index (χ0n) is 14.1. The Morgan fingerprint density at radius 1 is 1.12 bits per heavy atom. The quantitative estimate of drug-likeness (QED) is 0.638. The number of nitrogens with two attached hydrogens (primary N) is 1. The summed E-state index contributed by atoms with van der Waals surface area (Å²) in [5.74, 6) is -0.336. The molecule has 0 radical (unpaired) electrons. The van der Waals surface area contributed by atoms with Crippen molar-refractivity contribution in [3.05, 3.63) is 53.8 Å². The summed E-state index contributed by atoms with van der Waals surface area (Å²) in [5, 5.41) is 6.15. The molecule has 1 heterocycles. The number of aromatic nitrogens is 1. The topological polar surface area (TPSA) is 139 Å². The van der Waals surface area contributed by atoms with E-state index in [-0.39, 0.29) is 33.1 Å². The van der Waals surface area contributed by atoms with E-state index in [4.69, 9.17) is 4.42 Å². The van der Waals surface area contributed by atoms with Crippen LogP contribution in [0.1, 0.15) is 8.42 Å². The lowest BCUT2D eigenvalue weighted by Crippen LogP contribution is -2.04. The standard InChI is InChI=1S/C15H14FN3O.CH5N.2H2O.H2S.2H2/c1-17-9-10-2-5-12(6-3-10)18-15-19-13-7-4-11(16)8-14(13)20-15;1-2;;;;;/h2-8,17H,9H2,1H3,(H,18,19);2H2,1H3;3*1H2;2*1H. The molecule has 0 fully saturated rings. The van der Waals surface area contributed by atoms with Crippen molar-refractivity contribution in [2.24, 2.45) is 5.73 Å². The Labute approximate surface area is 155 Å². The Hall–Kier alpha value is -2.17. The van der Waals surface area contributed by atoms with Crippen LogP contribution in [-0.2, 0) is 6.54 Å². The molecule has 3 aromatic rings. The van der Waals surface area contributed by atoms with E-state index in [0.29, 0.717) is 17.1 Å². The average molecular weight is 376 g/mol. The van der Waals surface area contributed by atoms with Crippen LogP contribution in [0, 0.1) is 5.82 Å². The van der Waals surface area contributed by atoms with Crippen molar-refractivity contribution in [2.45, 2.75) is 6.54 Å². The van der Waals surface area contributed by atoms with Crippen LogP contribution in [-0.4, -0.2) is 30.0 Å². The molecule has 0 atom stereocenters. The third-order valence-electron chi connectivity index (χ3n) is 2.94. The number of oxazole rings is 1. The van der Waals surface area contributed by atoms with Crippen molar-refractivity contribution < 1.29 is 22.6 Å². The second kappa shape index (κ2) is 12.2. The minimum atomic E-state index is -0.336. The first-order valence-electron chi connectivity index (χ1n) is 6.89. The summed E-state index contributed by atoms with van der Waals surface area (Å²) in [6.07, 6.45) is 0. The molecule has 0 saturated heterocycles. The molecule has 0 aliphatic heterocycles. The van der Waals surface area contributed by atoms with E-state index >= 15 is 0 Å². The van der Waals surface area contributed by atoms with Crippen LogP contribution in [0.25, 0.3) is 11.1 Å². The van der Waals surface area contributed by atoms with Gasteiger partial charge in [-0.15, -0.1) is 0 Å². The van der Waals surface area contributed by atoms with Crippen molar-refractivity contribution in [3.8, 4) is 0 Å². The summed E-state index contributed by atoms with van der Waals surface area (Å²) < 4.78 is 18.5. The van der Waals surface area contributed by atoms with Gasteiger partial charge in [0.25, 0.3) is 6.01 Å². The SMILES string of the molecule is CN.CNCc1ccc(Nc2nc3ccc(F)cc3o2)cc1.O.O.S.[HH].[HH]. The van der Waals surface area contributed by atoms with Crippen LogP contribution in [0.2, 0.25) is 0 Å². The highest BCUT2D eigenvalue weighted by Gasteiger charge is 2.06. The number of benzene rings is 2. The van der Waals surface area contributed by atoms with Gasteiger partial charge in [0, 0.05) is 21.2 Å². The number of rotatable bonds is 4. The van der Waals surface area contributed by atoms with E-state index in [9.17, 15) is 4.39 Å². The van der Waals surface area contributed by atoms with Gasteiger partial charge < -0.3 is 31.7 Å². The predicted octanol–water partition coefficient (Wildman–Crippen LogP) is 1.96. The summed E-state index contributed by atoms with van der Waals surface area (Å²) in [6.45, 7) is 0.822. The molecule has 7 nitrogen and oxygen atoms in total. The number of halogens is 1.